The number of rotatable bonds is 5. The summed E-state index contributed by atoms with van der Waals surface area (Å²) in [5.74, 6) is 0.488. The van der Waals surface area contributed by atoms with Gasteiger partial charge < -0.3 is 14.8 Å². The molecule has 0 aliphatic carbocycles. The first-order valence-electron chi connectivity index (χ1n) is 7.51. The van der Waals surface area contributed by atoms with Crippen molar-refractivity contribution < 1.29 is 0 Å². The van der Waals surface area contributed by atoms with E-state index in [0.717, 1.165) is 19.6 Å². The third-order valence-electron chi connectivity index (χ3n) is 4.25. The number of nitrogens with zero attached hydrogens (tertiary/aromatic N) is 5. The lowest BCUT2D eigenvalue weighted by Gasteiger charge is -2.24. The number of hydrogen-bond donors (Lipinski definition) is 1. The summed E-state index contributed by atoms with van der Waals surface area (Å²) in [7, 11) is 4.26. The number of likely N-dealkylation sites (tertiary alicyclic amines) is 1. The summed E-state index contributed by atoms with van der Waals surface area (Å²) >= 11 is 0. The topological polar surface area (TPSA) is 50.9 Å². The maximum atomic E-state index is 4.28. The molecule has 1 unspecified atom stereocenters. The highest BCUT2D eigenvalue weighted by molar-refractivity contribution is 5.14. The van der Waals surface area contributed by atoms with Gasteiger partial charge in [0.05, 0.1) is 12.9 Å². The molecule has 0 aromatic carbocycles. The Morgan fingerprint density at radius 2 is 2.24 bits per heavy atom. The van der Waals surface area contributed by atoms with Crippen LogP contribution in [-0.4, -0.2) is 56.5 Å². The Bertz CT molecular complexity index is 560. The van der Waals surface area contributed by atoms with Gasteiger partial charge in [-0.05, 0) is 20.0 Å². The molecule has 1 fully saturated rings. The predicted octanol–water partition coefficient (Wildman–Crippen LogP) is 0.693. The number of likely N-dealkylation sites (N-methyl/N-ethyl adjacent to an activating group) is 1. The number of aromatic nitrogens is 4. The molecule has 114 valence electrons. The highest BCUT2D eigenvalue weighted by atomic mass is 15.3. The first-order valence-corrected chi connectivity index (χ1v) is 7.51. The van der Waals surface area contributed by atoms with Gasteiger partial charge >= 0.3 is 0 Å². The minimum Gasteiger partial charge on any atom is -0.337 e. The second kappa shape index (κ2) is 5.99. The monoisotopic (exact) mass is 288 g/mol. The fourth-order valence-electron chi connectivity index (χ4n) is 3.30. The van der Waals surface area contributed by atoms with Crippen molar-refractivity contribution in [3.05, 3.63) is 36.7 Å². The average Bonchev–Trinajstić information content (AvgIpc) is 3.12. The molecule has 6 heteroatoms. The van der Waals surface area contributed by atoms with Crippen LogP contribution >= 0.6 is 0 Å². The minimum atomic E-state index is 0.386. The van der Waals surface area contributed by atoms with Crippen molar-refractivity contribution in [3.8, 4) is 0 Å². The average molecular weight is 288 g/mol. The van der Waals surface area contributed by atoms with Gasteiger partial charge in [0, 0.05) is 62.4 Å². The molecule has 3 rings (SSSR count). The van der Waals surface area contributed by atoms with Crippen molar-refractivity contribution in [2.75, 3.05) is 20.1 Å². The molecule has 0 radical (unpaired) electrons. The van der Waals surface area contributed by atoms with Crippen LogP contribution in [0.15, 0.2) is 31.0 Å². The number of nitrogens with one attached hydrogen (secondary N) is 1. The van der Waals surface area contributed by atoms with Crippen LogP contribution in [0.3, 0.4) is 0 Å². The van der Waals surface area contributed by atoms with Crippen molar-refractivity contribution in [2.45, 2.75) is 31.5 Å². The fourth-order valence-corrected chi connectivity index (χ4v) is 3.30. The van der Waals surface area contributed by atoms with Crippen molar-refractivity contribution in [1.29, 1.82) is 0 Å². The van der Waals surface area contributed by atoms with E-state index in [2.05, 4.69) is 45.9 Å². The molecule has 2 aromatic heterocycles. The zero-order valence-corrected chi connectivity index (χ0v) is 13.0. The van der Waals surface area contributed by atoms with E-state index in [1.807, 2.05) is 35.7 Å². The highest BCUT2D eigenvalue weighted by Gasteiger charge is 2.34. The summed E-state index contributed by atoms with van der Waals surface area (Å²) in [5.41, 5.74) is 1.31. The van der Waals surface area contributed by atoms with Crippen LogP contribution in [0.25, 0.3) is 0 Å². The molecule has 1 aliphatic heterocycles. The molecule has 0 bridgehead atoms. The predicted molar refractivity (Wildman–Crippen MR) is 82.1 cm³/mol. The summed E-state index contributed by atoms with van der Waals surface area (Å²) < 4.78 is 4.12. The lowest BCUT2D eigenvalue weighted by atomic mass is 9.99. The second-order valence-corrected chi connectivity index (χ2v) is 6.16. The zero-order valence-electron chi connectivity index (χ0n) is 13.0. The van der Waals surface area contributed by atoms with Gasteiger partial charge in [0.1, 0.15) is 0 Å². The van der Waals surface area contributed by atoms with Crippen molar-refractivity contribution in [3.63, 3.8) is 0 Å². The van der Waals surface area contributed by atoms with Crippen molar-refractivity contribution in [1.82, 2.24) is 29.5 Å². The lowest BCUT2D eigenvalue weighted by Crippen LogP contribution is -2.43. The Hall–Kier alpha value is -1.66. The highest BCUT2D eigenvalue weighted by Crippen LogP contribution is 2.26. The van der Waals surface area contributed by atoms with Gasteiger partial charge in [-0.2, -0.15) is 5.10 Å². The van der Waals surface area contributed by atoms with Gasteiger partial charge in [-0.25, -0.2) is 4.98 Å². The van der Waals surface area contributed by atoms with E-state index in [-0.39, 0.29) is 0 Å². The summed E-state index contributed by atoms with van der Waals surface area (Å²) in [6.45, 7) is 5.26. The van der Waals surface area contributed by atoms with E-state index >= 15 is 0 Å². The first-order chi connectivity index (χ1) is 10.1. The molecule has 0 spiro atoms. The van der Waals surface area contributed by atoms with E-state index in [1.165, 1.54) is 5.69 Å². The van der Waals surface area contributed by atoms with Crippen molar-refractivity contribution >= 4 is 0 Å². The molecule has 6 nitrogen and oxygen atoms in total. The van der Waals surface area contributed by atoms with Gasteiger partial charge in [0.25, 0.3) is 0 Å². The fraction of sp³-hybridized carbons (Fsp3) is 0.600. The molecule has 2 aromatic rings. The second-order valence-electron chi connectivity index (χ2n) is 6.16. The van der Waals surface area contributed by atoms with Crippen LogP contribution in [0.4, 0.5) is 0 Å². The molecule has 3 atom stereocenters. The quantitative estimate of drug-likeness (QED) is 0.879. The third-order valence-corrected chi connectivity index (χ3v) is 4.25. The number of imidazole rings is 1. The van der Waals surface area contributed by atoms with Crippen LogP contribution in [0.5, 0.6) is 0 Å². The summed E-state index contributed by atoms with van der Waals surface area (Å²) in [5, 5.41) is 8.05. The molecule has 1 aliphatic rings. The summed E-state index contributed by atoms with van der Waals surface area (Å²) in [6, 6.07) is 2.81. The molecule has 0 amide bonds. The molecule has 21 heavy (non-hydrogen) atoms. The van der Waals surface area contributed by atoms with Crippen LogP contribution < -0.4 is 5.32 Å². The third kappa shape index (κ3) is 3.16. The summed E-state index contributed by atoms with van der Waals surface area (Å²) in [4.78, 5) is 6.65. The molecule has 1 saturated heterocycles. The Balaban J connectivity index is 1.66. The van der Waals surface area contributed by atoms with Crippen molar-refractivity contribution in [2.24, 2.45) is 7.05 Å². The molecular weight excluding hydrogens is 264 g/mol. The van der Waals surface area contributed by atoms with E-state index in [1.54, 1.807) is 0 Å². The Kier molecular flexibility index (Phi) is 4.07. The molecule has 0 saturated carbocycles. The number of hydrogen-bond acceptors (Lipinski definition) is 4. The molecular formula is C15H24N6. The minimum absolute atomic E-state index is 0.386. The Morgan fingerprint density at radius 1 is 1.38 bits per heavy atom. The summed E-state index contributed by atoms with van der Waals surface area (Å²) in [6.07, 6.45) is 7.72. The van der Waals surface area contributed by atoms with Gasteiger partial charge in [-0.15, -0.1) is 0 Å². The molecule has 3 heterocycles. The maximum Gasteiger partial charge on any atom is 0.0945 e. The smallest absolute Gasteiger partial charge is 0.0945 e. The van der Waals surface area contributed by atoms with E-state index in [0.29, 0.717) is 18.0 Å². The number of aryl methyl sites for hydroxylation is 1. The largest absolute Gasteiger partial charge is 0.337 e. The van der Waals surface area contributed by atoms with Gasteiger partial charge in [-0.1, -0.05) is 0 Å². The van der Waals surface area contributed by atoms with Crippen LogP contribution in [0, 0.1) is 0 Å². The maximum absolute atomic E-state index is 4.28. The van der Waals surface area contributed by atoms with Crippen LogP contribution in [0.1, 0.15) is 18.5 Å². The Morgan fingerprint density at radius 3 is 2.90 bits per heavy atom. The normalized spacial score (nSPS) is 24.5. The van der Waals surface area contributed by atoms with E-state index in [9.17, 15) is 0 Å². The lowest BCUT2D eigenvalue weighted by molar-refractivity contribution is 0.364. The standard InChI is InChI=1S/C15H24N6/c1-12(8-21-6-4-5-17-21)18-14-10-19(2)9-13(14)15-7-16-11-20(15)3/h4-7,11-14,18H,8-10H2,1-3H3/t12?,13-,14-/m1/s1. The van der Waals surface area contributed by atoms with E-state index in [4.69, 9.17) is 0 Å². The van der Waals surface area contributed by atoms with Gasteiger partial charge in [0.2, 0.25) is 0 Å². The molecule has 1 N–H and O–H groups in total. The van der Waals surface area contributed by atoms with Crippen LogP contribution in [-0.2, 0) is 13.6 Å². The SMILES string of the molecule is CC(Cn1cccn1)N[C@@H]1CN(C)C[C@H]1c1cncn1C. The Labute approximate surface area is 125 Å². The van der Waals surface area contributed by atoms with Gasteiger partial charge in [-0.3, -0.25) is 4.68 Å². The van der Waals surface area contributed by atoms with E-state index < -0.39 is 0 Å². The zero-order chi connectivity index (χ0) is 14.8. The van der Waals surface area contributed by atoms with Gasteiger partial charge in [0.15, 0.2) is 0 Å². The van der Waals surface area contributed by atoms with Crippen LogP contribution in [0.2, 0.25) is 0 Å². The first kappa shape index (κ1) is 14.3.